The lowest BCUT2D eigenvalue weighted by molar-refractivity contribution is 0.407. The molecule has 3 heterocycles. The summed E-state index contributed by atoms with van der Waals surface area (Å²) in [4.78, 5) is 2.70. The molecule has 1 aliphatic rings. The lowest BCUT2D eigenvalue weighted by Gasteiger charge is -2.28. The predicted molar refractivity (Wildman–Crippen MR) is 89.9 cm³/mol. The first-order chi connectivity index (χ1) is 10.1. The second kappa shape index (κ2) is 6.60. The van der Waals surface area contributed by atoms with Crippen molar-refractivity contribution in [2.45, 2.75) is 31.3 Å². The summed E-state index contributed by atoms with van der Waals surface area (Å²) in [6, 6.07) is 9.08. The fraction of sp³-hybridized carbons (Fsp3) is 0.467. The summed E-state index contributed by atoms with van der Waals surface area (Å²) in [6.07, 6.45) is 2.44. The molecule has 1 atom stereocenters. The summed E-state index contributed by atoms with van der Waals surface area (Å²) in [7, 11) is -2.79. The van der Waals surface area contributed by atoms with E-state index in [1.54, 1.807) is 22.7 Å². The molecule has 2 aromatic rings. The molecule has 0 aliphatic carbocycles. The molecule has 6 heteroatoms. The summed E-state index contributed by atoms with van der Waals surface area (Å²) >= 11 is 3.54. The molecule has 114 valence electrons. The first-order valence-corrected chi connectivity index (χ1v) is 10.7. The molecule has 3 nitrogen and oxygen atoms in total. The number of rotatable bonds is 5. The molecule has 1 saturated heterocycles. The summed E-state index contributed by atoms with van der Waals surface area (Å²) in [5.41, 5.74) is 0. The third-order valence-electron chi connectivity index (χ3n) is 3.86. The number of hydrogen-bond acceptors (Lipinski definition) is 5. The van der Waals surface area contributed by atoms with E-state index in [-0.39, 0.29) is 6.04 Å². The van der Waals surface area contributed by atoms with Crippen molar-refractivity contribution in [3.63, 3.8) is 0 Å². The average molecular weight is 342 g/mol. The van der Waals surface area contributed by atoms with Crippen molar-refractivity contribution in [3.05, 3.63) is 44.8 Å². The Hall–Kier alpha value is -0.690. The average Bonchev–Trinajstić information content (AvgIpc) is 3.12. The predicted octanol–water partition coefficient (Wildman–Crippen LogP) is 3.26. The Morgan fingerprint density at radius 1 is 1.14 bits per heavy atom. The highest BCUT2D eigenvalue weighted by molar-refractivity contribution is 7.91. The minimum absolute atomic E-state index is 0.287. The van der Waals surface area contributed by atoms with Crippen LogP contribution in [0.1, 0.15) is 28.6 Å². The van der Waals surface area contributed by atoms with Crippen LogP contribution in [-0.4, -0.2) is 26.0 Å². The maximum absolute atomic E-state index is 11.5. The summed E-state index contributed by atoms with van der Waals surface area (Å²) in [6.45, 7) is 0. The lowest BCUT2D eigenvalue weighted by atomic mass is 10.1. The second-order valence-electron chi connectivity index (χ2n) is 5.44. The monoisotopic (exact) mass is 341 g/mol. The highest BCUT2D eigenvalue weighted by Gasteiger charge is 2.26. The molecule has 1 aliphatic heterocycles. The maximum Gasteiger partial charge on any atom is 0.150 e. The van der Waals surface area contributed by atoms with Gasteiger partial charge in [-0.25, -0.2) is 8.42 Å². The van der Waals surface area contributed by atoms with Crippen LogP contribution in [-0.2, 0) is 16.3 Å². The molecular formula is C15H19NO2S3. The summed E-state index contributed by atoms with van der Waals surface area (Å²) < 4.78 is 23.1. The molecular weight excluding hydrogens is 322 g/mol. The van der Waals surface area contributed by atoms with Crippen molar-refractivity contribution < 1.29 is 8.42 Å². The van der Waals surface area contributed by atoms with E-state index in [9.17, 15) is 8.42 Å². The largest absolute Gasteiger partial charge is 0.306 e. The smallest absolute Gasteiger partial charge is 0.150 e. The summed E-state index contributed by atoms with van der Waals surface area (Å²) in [5, 5.41) is 7.89. The highest BCUT2D eigenvalue weighted by Crippen LogP contribution is 2.27. The van der Waals surface area contributed by atoms with E-state index < -0.39 is 9.84 Å². The number of thiophene rings is 2. The molecule has 2 aromatic heterocycles. The molecule has 1 N–H and O–H groups in total. The van der Waals surface area contributed by atoms with Gasteiger partial charge in [-0.2, -0.15) is 0 Å². The van der Waals surface area contributed by atoms with Gasteiger partial charge in [-0.1, -0.05) is 12.1 Å². The van der Waals surface area contributed by atoms with Gasteiger partial charge >= 0.3 is 0 Å². The highest BCUT2D eigenvalue weighted by atomic mass is 32.2. The summed E-state index contributed by atoms with van der Waals surface area (Å²) in [5.74, 6) is 0.641. The first-order valence-electron chi connectivity index (χ1n) is 7.15. The van der Waals surface area contributed by atoms with E-state index in [0.29, 0.717) is 17.5 Å². The van der Waals surface area contributed by atoms with Gasteiger partial charge in [-0.3, -0.25) is 0 Å². The van der Waals surface area contributed by atoms with E-state index in [4.69, 9.17) is 0 Å². The van der Waals surface area contributed by atoms with Crippen molar-refractivity contribution in [2.75, 3.05) is 11.5 Å². The van der Waals surface area contributed by atoms with Crippen LogP contribution in [0.25, 0.3) is 0 Å². The van der Waals surface area contributed by atoms with Crippen LogP contribution in [0.4, 0.5) is 0 Å². The minimum atomic E-state index is -2.79. The Morgan fingerprint density at radius 3 is 2.48 bits per heavy atom. The van der Waals surface area contributed by atoms with Gasteiger partial charge in [0, 0.05) is 28.3 Å². The molecule has 1 unspecified atom stereocenters. The Labute approximate surface area is 133 Å². The van der Waals surface area contributed by atoms with Gasteiger partial charge in [-0.15, -0.1) is 22.7 Å². The van der Waals surface area contributed by atoms with Crippen molar-refractivity contribution in [2.24, 2.45) is 0 Å². The molecule has 0 amide bonds. The molecule has 0 spiro atoms. The van der Waals surface area contributed by atoms with Crippen molar-refractivity contribution in [3.8, 4) is 0 Å². The van der Waals surface area contributed by atoms with Gasteiger partial charge in [0.2, 0.25) is 0 Å². The SMILES string of the molecule is O=S1(=O)CCC(NC(Cc2cccs2)c2cccs2)CC1. The lowest BCUT2D eigenvalue weighted by Crippen LogP contribution is -2.39. The van der Waals surface area contributed by atoms with Crippen LogP contribution in [0.3, 0.4) is 0 Å². The fourth-order valence-electron chi connectivity index (χ4n) is 2.70. The number of sulfone groups is 1. The van der Waals surface area contributed by atoms with Gasteiger partial charge in [0.1, 0.15) is 9.84 Å². The molecule has 0 bridgehead atoms. The van der Waals surface area contributed by atoms with Gasteiger partial charge < -0.3 is 5.32 Å². The van der Waals surface area contributed by atoms with Crippen molar-refractivity contribution in [1.82, 2.24) is 5.32 Å². The van der Waals surface area contributed by atoms with E-state index >= 15 is 0 Å². The Morgan fingerprint density at radius 2 is 1.86 bits per heavy atom. The third-order valence-corrected chi connectivity index (χ3v) is 7.46. The van der Waals surface area contributed by atoms with Gasteiger partial charge in [0.15, 0.2) is 0 Å². The fourth-order valence-corrected chi connectivity index (χ4v) is 5.73. The van der Waals surface area contributed by atoms with Crippen LogP contribution in [0.5, 0.6) is 0 Å². The number of hydrogen-bond donors (Lipinski definition) is 1. The van der Waals surface area contributed by atoms with E-state index in [1.165, 1.54) is 9.75 Å². The zero-order valence-corrected chi connectivity index (χ0v) is 14.1. The van der Waals surface area contributed by atoms with Crippen LogP contribution in [0, 0.1) is 0 Å². The quantitative estimate of drug-likeness (QED) is 0.908. The van der Waals surface area contributed by atoms with E-state index in [2.05, 4.69) is 40.3 Å². The van der Waals surface area contributed by atoms with Crippen LogP contribution in [0.15, 0.2) is 35.0 Å². The first kappa shape index (κ1) is 15.2. The van der Waals surface area contributed by atoms with Crippen LogP contribution < -0.4 is 5.32 Å². The van der Waals surface area contributed by atoms with Crippen LogP contribution in [0.2, 0.25) is 0 Å². The second-order valence-corrected chi connectivity index (χ2v) is 9.76. The maximum atomic E-state index is 11.5. The Kier molecular flexibility index (Phi) is 4.78. The van der Waals surface area contributed by atoms with Gasteiger partial charge in [0.05, 0.1) is 11.5 Å². The minimum Gasteiger partial charge on any atom is -0.306 e. The van der Waals surface area contributed by atoms with E-state index in [0.717, 1.165) is 19.3 Å². The molecule has 0 saturated carbocycles. The molecule has 0 radical (unpaired) electrons. The Bertz CT molecular complexity index is 633. The van der Waals surface area contributed by atoms with Crippen molar-refractivity contribution >= 4 is 32.5 Å². The zero-order valence-electron chi connectivity index (χ0n) is 11.7. The van der Waals surface area contributed by atoms with Gasteiger partial charge in [-0.05, 0) is 35.7 Å². The molecule has 1 fully saturated rings. The molecule has 0 aromatic carbocycles. The zero-order chi connectivity index (χ0) is 14.7. The third kappa shape index (κ3) is 4.16. The van der Waals surface area contributed by atoms with Crippen LogP contribution >= 0.6 is 22.7 Å². The van der Waals surface area contributed by atoms with E-state index in [1.807, 2.05) is 0 Å². The Balaban J connectivity index is 1.68. The number of nitrogens with one attached hydrogen (secondary N) is 1. The normalized spacial score (nSPS) is 20.4. The standard InChI is InChI=1S/C15H19NO2S3/c17-21(18)9-5-12(6-10-21)16-14(15-4-2-8-20-15)11-13-3-1-7-19-13/h1-4,7-8,12,14,16H,5-6,9-11H2. The topological polar surface area (TPSA) is 46.2 Å². The molecule has 3 rings (SSSR count). The van der Waals surface area contributed by atoms with Crippen molar-refractivity contribution in [1.29, 1.82) is 0 Å². The molecule has 21 heavy (non-hydrogen) atoms. The van der Waals surface area contributed by atoms with Gasteiger partial charge in [0.25, 0.3) is 0 Å².